The van der Waals surface area contributed by atoms with Crippen LogP contribution in [0.3, 0.4) is 0 Å². The Morgan fingerprint density at radius 3 is 2.80 bits per heavy atom. The zero-order valence-electron chi connectivity index (χ0n) is 16.7. The minimum Gasteiger partial charge on any atom is -0.337 e. The minimum absolute atomic E-state index is 0.112. The van der Waals surface area contributed by atoms with Crippen molar-refractivity contribution in [3.63, 3.8) is 0 Å². The third-order valence-electron chi connectivity index (χ3n) is 5.88. The maximum absolute atomic E-state index is 12.9. The molecule has 152 valence electrons. The van der Waals surface area contributed by atoms with E-state index in [9.17, 15) is 9.59 Å². The van der Waals surface area contributed by atoms with E-state index in [1.807, 2.05) is 24.3 Å². The molecule has 0 saturated carbocycles. The second kappa shape index (κ2) is 7.37. The maximum Gasteiger partial charge on any atom is 0.291 e. The quantitative estimate of drug-likeness (QED) is 0.723. The number of anilines is 1. The molecule has 1 aromatic carbocycles. The topological polar surface area (TPSA) is 93.0 Å². The van der Waals surface area contributed by atoms with Gasteiger partial charge in [0.25, 0.3) is 5.91 Å². The van der Waals surface area contributed by atoms with Crippen LogP contribution in [0.2, 0.25) is 0 Å². The van der Waals surface area contributed by atoms with Crippen molar-refractivity contribution in [3.05, 3.63) is 71.6 Å². The number of carbonyl (C=O) groups is 2. The van der Waals surface area contributed by atoms with Crippen LogP contribution in [-0.2, 0) is 17.8 Å². The van der Waals surface area contributed by atoms with E-state index < -0.39 is 11.9 Å². The molecule has 8 nitrogen and oxygen atoms in total. The SMILES string of the molecule is CN1C(=O)[C@@H](NC(=O)c2nc3n(n2)CC[C@H]3c2ccccc2)CCc2ncccc21. The van der Waals surface area contributed by atoms with Gasteiger partial charge in [-0.05, 0) is 37.0 Å². The zero-order chi connectivity index (χ0) is 20.7. The maximum atomic E-state index is 12.9. The number of aromatic nitrogens is 4. The summed E-state index contributed by atoms with van der Waals surface area (Å²) >= 11 is 0. The number of hydrogen-bond acceptors (Lipinski definition) is 5. The van der Waals surface area contributed by atoms with E-state index in [0.717, 1.165) is 30.2 Å². The number of benzene rings is 1. The lowest BCUT2D eigenvalue weighted by molar-refractivity contribution is -0.120. The summed E-state index contributed by atoms with van der Waals surface area (Å²) in [6.45, 7) is 0.723. The molecule has 0 unspecified atom stereocenters. The third kappa shape index (κ3) is 3.14. The number of nitrogens with one attached hydrogen (secondary N) is 1. The molecule has 1 N–H and O–H groups in total. The number of likely N-dealkylation sites (N-methyl/N-ethyl adjacent to an activating group) is 1. The van der Waals surface area contributed by atoms with Gasteiger partial charge in [0, 0.05) is 25.7 Å². The van der Waals surface area contributed by atoms with Crippen LogP contribution in [0.5, 0.6) is 0 Å². The van der Waals surface area contributed by atoms with E-state index in [-0.39, 0.29) is 17.6 Å². The standard InChI is InChI=1S/C22H22N6O2/c1-27-18-8-5-12-23-16(18)9-10-17(22(27)30)24-21(29)19-25-20-15(11-13-28(20)26-19)14-6-3-2-4-7-14/h2-8,12,15,17H,9-11,13H2,1H3,(H,24,29)/t15-,17-/m0/s1. The molecule has 0 fully saturated rings. The van der Waals surface area contributed by atoms with Crippen LogP contribution < -0.4 is 10.2 Å². The molecule has 3 aromatic rings. The molecule has 0 spiro atoms. The van der Waals surface area contributed by atoms with Crippen molar-refractivity contribution in [3.8, 4) is 0 Å². The Morgan fingerprint density at radius 2 is 1.97 bits per heavy atom. The molecular weight excluding hydrogens is 380 g/mol. The van der Waals surface area contributed by atoms with Crippen LogP contribution >= 0.6 is 0 Å². The summed E-state index contributed by atoms with van der Waals surface area (Å²) in [5.74, 6) is 0.457. The number of amides is 2. The summed E-state index contributed by atoms with van der Waals surface area (Å²) in [4.78, 5) is 36.2. The molecule has 2 aliphatic heterocycles. The molecule has 2 aliphatic rings. The zero-order valence-corrected chi connectivity index (χ0v) is 16.7. The van der Waals surface area contributed by atoms with Crippen molar-refractivity contribution < 1.29 is 9.59 Å². The minimum atomic E-state index is -0.639. The summed E-state index contributed by atoms with van der Waals surface area (Å²) < 4.78 is 1.80. The van der Waals surface area contributed by atoms with Gasteiger partial charge >= 0.3 is 0 Å². The Morgan fingerprint density at radius 1 is 1.13 bits per heavy atom. The van der Waals surface area contributed by atoms with Gasteiger partial charge in [-0.1, -0.05) is 30.3 Å². The van der Waals surface area contributed by atoms with Gasteiger partial charge in [0.15, 0.2) is 0 Å². The molecule has 2 atom stereocenters. The Labute approximate surface area is 173 Å². The average Bonchev–Trinajstić information content (AvgIpc) is 3.34. The van der Waals surface area contributed by atoms with Gasteiger partial charge in [0.2, 0.25) is 11.7 Å². The molecule has 2 amide bonds. The Bertz CT molecular complexity index is 1110. The van der Waals surface area contributed by atoms with Gasteiger partial charge in [0.1, 0.15) is 11.9 Å². The largest absolute Gasteiger partial charge is 0.337 e. The number of carbonyl (C=O) groups excluding carboxylic acids is 2. The smallest absolute Gasteiger partial charge is 0.291 e. The highest BCUT2D eigenvalue weighted by atomic mass is 16.2. The number of nitrogens with zero attached hydrogens (tertiary/aromatic N) is 5. The summed E-state index contributed by atoms with van der Waals surface area (Å²) in [5, 5.41) is 7.23. The lowest BCUT2D eigenvalue weighted by atomic mass is 9.97. The van der Waals surface area contributed by atoms with E-state index in [1.54, 1.807) is 28.9 Å². The van der Waals surface area contributed by atoms with E-state index in [2.05, 4.69) is 32.5 Å². The number of rotatable bonds is 3. The molecule has 0 saturated heterocycles. The molecule has 0 radical (unpaired) electrons. The van der Waals surface area contributed by atoms with E-state index in [0.29, 0.717) is 12.8 Å². The first kappa shape index (κ1) is 18.5. The fraction of sp³-hybridized carbons (Fsp3) is 0.318. The van der Waals surface area contributed by atoms with Crippen molar-refractivity contribution >= 4 is 17.5 Å². The van der Waals surface area contributed by atoms with Gasteiger partial charge in [-0.3, -0.25) is 14.6 Å². The molecular formula is C22H22N6O2. The summed E-state index contributed by atoms with van der Waals surface area (Å²) in [6.07, 6.45) is 3.73. The number of aryl methyl sites for hydroxylation is 2. The van der Waals surface area contributed by atoms with Crippen molar-refractivity contribution in [2.24, 2.45) is 0 Å². The first-order valence-electron chi connectivity index (χ1n) is 10.1. The Balaban J connectivity index is 1.34. The van der Waals surface area contributed by atoms with Gasteiger partial charge in [-0.25, -0.2) is 9.67 Å². The van der Waals surface area contributed by atoms with Crippen LogP contribution in [0.4, 0.5) is 5.69 Å². The highest BCUT2D eigenvalue weighted by Crippen LogP contribution is 2.32. The molecule has 5 rings (SSSR count). The van der Waals surface area contributed by atoms with Crippen LogP contribution in [0.1, 0.15) is 46.5 Å². The van der Waals surface area contributed by atoms with Crippen LogP contribution in [0, 0.1) is 0 Å². The molecule has 0 bridgehead atoms. The Hall–Kier alpha value is -3.55. The average molecular weight is 402 g/mol. The number of pyridine rings is 1. The lowest BCUT2D eigenvalue weighted by Crippen LogP contribution is -2.47. The van der Waals surface area contributed by atoms with Crippen molar-refractivity contribution in [1.82, 2.24) is 25.1 Å². The summed E-state index contributed by atoms with van der Waals surface area (Å²) in [7, 11) is 1.71. The molecule has 2 aromatic heterocycles. The highest BCUT2D eigenvalue weighted by molar-refractivity contribution is 6.01. The fourth-order valence-electron chi connectivity index (χ4n) is 4.30. The van der Waals surface area contributed by atoms with E-state index in [1.165, 1.54) is 5.56 Å². The summed E-state index contributed by atoms with van der Waals surface area (Å²) in [6, 6.07) is 13.2. The molecule has 30 heavy (non-hydrogen) atoms. The molecule has 0 aliphatic carbocycles. The normalized spacial score (nSPS) is 20.4. The van der Waals surface area contributed by atoms with Crippen LogP contribution in [0.15, 0.2) is 48.7 Å². The third-order valence-corrected chi connectivity index (χ3v) is 5.88. The second-order valence-corrected chi connectivity index (χ2v) is 7.70. The van der Waals surface area contributed by atoms with Crippen molar-refractivity contribution in [2.75, 3.05) is 11.9 Å². The van der Waals surface area contributed by atoms with Gasteiger partial charge in [0.05, 0.1) is 11.4 Å². The fourth-order valence-corrected chi connectivity index (χ4v) is 4.30. The number of hydrogen-bond donors (Lipinski definition) is 1. The van der Waals surface area contributed by atoms with Gasteiger partial charge in [-0.2, -0.15) is 0 Å². The Kier molecular flexibility index (Phi) is 4.54. The predicted octanol–water partition coefficient (Wildman–Crippen LogP) is 1.92. The molecule has 4 heterocycles. The van der Waals surface area contributed by atoms with E-state index in [4.69, 9.17) is 0 Å². The van der Waals surface area contributed by atoms with Crippen LogP contribution in [-0.4, -0.2) is 44.7 Å². The van der Waals surface area contributed by atoms with Gasteiger partial charge in [-0.15, -0.1) is 5.10 Å². The lowest BCUT2D eigenvalue weighted by Gasteiger charge is -2.21. The van der Waals surface area contributed by atoms with Gasteiger partial charge < -0.3 is 10.2 Å². The van der Waals surface area contributed by atoms with Crippen LogP contribution in [0.25, 0.3) is 0 Å². The summed E-state index contributed by atoms with van der Waals surface area (Å²) in [5.41, 5.74) is 2.81. The molecule has 8 heteroatoms. The second-order valence-electron chi connectivity index (χ2n) is 7.70. The first-order chi connectivity index (χ1) is 14.6. The first-order valence-corrected chi connectivity index (χ1v) is 10.1. The highest BCUT2D eigenvalue weighted by Gasteiger charge is 2.33. The predicted molar refractivity (Wildman–Crippen MR) is 110 cm³/mol. The number of fused-ring (bicyclic) bond motifs is 2. The van der Waals surface area contributed by atoms with Crippen molar-refractivity contribution in [1.29, 1.82) is 0 Å². The monoisotopic (exact) mass is 402 g/mol. The van der Waals surface area contributed by atoms with Crippen molar-refractivity contribution in [2.45, 2.75) is 37.8 Å². The van der Waals surface area contributed by atoms with E-state index >= 15 is 0 Å².